The largest absolute Gasteiger partial charge is 0.454 e. The summed E-state index contributed by atoms with van der Waals surface area (Å²) in [6.45, 7) is 4.19. The molecule has 1 saturated heterocycles. The number of rotatable bonds is 3. The zero-order valence-electron chi connectivity index (χ0n) is 10.8. The highest BCUT2D eigenvalue weighted by atomic mass is 16.7. The molecule has 100 valence electrons. The molecule has 3 rings (SSSR count). The Morgan fingerprint density at radius 1 is 1.26 bits per heavy atom. The van der Waals surface area contributed by atoms with Crippen molar-refractivity contribution in [1.29, 1.82) is 5.26 Å². The van der Waals surface area contributed by atoms with E-state index in [0.29, 0.717) is 6.42 Å². The lowest BCUT2D eigenvalue weighted by Gasteiger charge is -2.34. The van der Waals surface area contributed by atoms with Gasteiger partial charge in [-0.1, -0.05) is 6.07 Å². The van der Waals surface area contributed by atoms with Crippen molar-refractivity contribution in [2.24, 2.45) is 0 Å². The minimum Gasteiger partial charge on any atom is -0.454 e. The fraction of sp³-hybridized carbons (Fsp3) is 0.500. The predicted molar refractivity (Wildman–Crippen MR) is 70.0 cm³/mol. The molecule has 1 aromatic carbocycles. The number of hydrogen-bond acceptors (Lipinski definition) is 5. The van der Waals surface area contributed by atoms with Crippen LogP contribution >= 0.6 is 0 Å². The second-order valence-electron chi connectivity index (χ2n) is 4.78. The molecule has 0 aromatic heterocycles. The second-order valence-corrected chi connectivity index (χ2v) is 4.78. The minimum absolute atomic E-state index is 0.140. The van der Waals surface area contributed by atoms with E-state index in [1.165, 1.54) is 0 Å². The third kappa shape index (κ3) is 2.50. The fourth-order valence-electron chi connectivity index (χ4n) is 2.66. The van der Waals surface area contributed by atoms with Crippen molar-refractivity contribution in [3.63, 3.8) is 0 Å². The molecule has 0 amide bonds. The predicted octanol–water partition coefficient (Wildman–Crippen LogP) is 1.28. The molecule has 2 heterocycles. The summed E-state index contributed by atoms with van der Waals surface area (Å²) in [4.78, 5) is 2.36. The molecule has 1 atom stereocenters. The lowest BCUT2D eigenvalue weighted by Crippen LogP contribution is -2.45. The molecule has 0 aliphatic carbocycles. The zero-order valence-corrected chi connectivity index (χ0v) is 10.8. The van der Waals surface area contributed by atoms with Crippen LogP contribution in [0, 0.1) is 11.3 Å². The van der Waals surface area contributed by atoms with Gasteiger partial charge in [0.2, 0.25) is 6.79 Å². The zero-order chi connectivity index (χ0) is 13.1. The van der Waals surface area contributed by atoms with Gasteiger partial charge in [0, 0.05) is 32.2 Å². The van der Waals surface area contributed by atoms with Crippen LogP contribution in [0.5, 0.6) is 11.5 Å². The highest BCUT2D eigenvalue weighted by molar-refractivity contribution is 5.45. The number of nitrogens with one attached hydrogen (secondary N) is 1. The minimum atomic E-state index is 0.140. The first-order valence-electron chi connectivity index (χ1n) is 6.60. The number of nitriles is 1. The van der Waals surface area contributed by atoms with Gasteiger partial charge in [-0.25, -0.2) is 0 Å². The first kappa shape index (κ1) is 12.3. The summed E-state index contributed by atoms with van der Waals surface area (Å²) in [5.41, 5.74) is 1.13. The van der Waals surface area contributed by atoms with Gasteiger partial charge in [-0.15, -0.1) is 0 Å². The van der Waals surface area contributed by atoms with E-state index in [1.807, 2.05) is 18.2 Å². The molecule has 5 nitrogen and oxygen atoms in total. The number of nitrogens with zero attached hydrogens (tertiary/aromatic N) is 2. The highest BCUT2D eigenvalue weighted by Crippen LogP contribution is 2.36. The first-order chi connectivity index (χ1) is 9.38. The number of benzene rings is 1. The Morgan fingerprint density at radius 2 is 2.05 bits per heavy atom. The third-order valence-electron chi connectivity index (χ3n) is 3.66. The van der Waals surface area contributed by atoms with Gasteiger partial charge in [-0.05, 0) is 17.7 Å². The molecule has 5 heteroatoms. The maximum Gasteiger partial charge on any atom is 0.231 e. The SMILES string of the molecule is N#CC[C@@H](c1ccc2c(c1)OCO2)N1CCNCC1. The number of piperazine rings is 1. The Labute approximate surface area is 112 Å². The Bertz CT molecular complexity index is 492. The molecule has 1 aromatic rings. The van der Waals surface area contributed by atoms with Crippen LogP contribution in [0.15, 0.2) is 18.2 Å². The quantitative estimate of drug-likeness (QED) is 0.886. The van der Waals surface area contributed by atoms with Crippen LogP contribution in [0.25, 0.3) is 0 Å². The molecule has 0 unspecified atom stereocenters. The van der Waals surface area contributed by atoms with Gasteiger partial charge < -0.3 is 14.8 Å². The lowest BCUT2D eigenvalue weighted by molar-refractivity contribution is 0.171. The van der Waals surface area contributed by atoms with Crippen LogP contribution in [0.3, 0.4) is 0 Å². The van der Waals surface area contributed by atoms with Gasteiger partial charge in [0.25, 0.3) is 0 Å². The van der Waals surface area contributed by atoms with E-state index in [2.05, 4.69) is 16.3 Å². The average molecular weight is 259 g/mol. The van der Waals surface area contributed by atoms with Crippen LogP contribution in [0.1, 0.15) is 18.0 Å². The molecule has 0 bridgehead atoms. The molecule has 1 fully saturated rings. The maximum absolute atomic E-state index is 9.07. The third-order valence-corrected chi connectivity index (χ3v) is 3.66. The Balaban J connectivity index is 1.84. The van der Waals surface area contributed by atoms with Crippen LogP contribution in [-0.4, -0.2) is 37.9 Å². The number of fused-ring (bicyclic) bond motifs is 1. The summed E-state index contributed by atoms with van der Waals surface area (Å²) >= 11 is 0. The summed E-state index contributed by atoms with van der Waals surface area (Å²) in [6, 6.07) is 8.42. The van der Waals surface area contributed by atoms with E-state index >= 15 is 0 Å². The van der Waals surface area contributed by atoms with Crippen molar-refractivity contribution in [3.8, 4) is 17.6 Å². The topological polar surface area (TPSA) is 57.5 Å². The van der Waals surface area contributed by atoms with Crippen molar-refractivity contribution < 1.29 is 9.47 Å². The van der Waals surface area contributed by atoms with Crippen molar-refractivity contribution in [3.05, 3.63) is 23.8 Å². The van der Waals surface area contributed by atoms with Crippen LogP contribution in [-0.2, 0) is 0 Å². The van der Waals surface area contributed by atoms with Gasteiger partial charge in [0.15, 0.2) is 11.5 Å². The summed E-state index contributed by atoms with van der Waals surface area (Å²) in [7, 11) is 0. The van der Waals surface area contributed by atoms with Gasteiger partial charge in [-0.3, -0.25) is 4.90 Å². The molecule has 1 N–H and O–H groups in total. The summed E-state index contributed by atoms with van der Waals surface area (Å²) in [6.07, 6.45) is 0.500. The lowest BCUT2D eigenvalue weighted by atomic mass is 10.0. The molecule has 0 spiro atoms. The molecule has 0 saturated carbocycles. The molecule has 0 radical (unpaired) electrons. The van der Waals surface area contributed by atoms with Crippen molar-refractivity contribution in [2.75, 3.05) is 33.0 Å². The van der Waals surface area contributed by atoms with Gasteiger partial charge in [-0.2, -0.15) is 5.26 Å². The molecular formula is C14H17N3O2. The maximum atomic E-state index is 9.07. The molecule has 19 heavy (non-hydrogen) atoms. The van der Waals surface area contributed by atoms with Crippen molar-refractivity contribution in [2.45, 2.75) is 12.5 Å². The van der Waals surface area contributed by atoms with E-state index in [-0.39, 0.29) is 12.8 Å². The Morgan fingerprint density at radius 3 is 2.84 bits per heavy atom. The number of hydrogen-bond donors (Lipinski definition) is 1. The van der Waals surface area contributed by atoms with E-state index in [9.17, 15) is 0 Å². The smallest absolute Gasteiger partial charge is 0.231 e. The van der Waals surface area contributed by atoms with Gasteiger partial charge >= 0.3 is 0 Å². The average Bonchev–Trinajstić information content (AvgIpc) is 2.93. The van der Waals surface area contributed by atoms with E-state index < -0.39 is 0 Å². The fourth-order valence-corrected chi connectivity index (χ4v) is 2.66. The van der Waals surface area contributed by atoms with E-state index in [0.717, 1.165) is 43.2 Å². The van der Waals surface area contributed by atoms with Crippen LogP contribution in [0.4, 0.5) is 0 Å². The molecular weight excluding hydrogens is 242 g/mol. The van der Waals surface area contributed by atoms with Gasteiger partial charge in [0.1, 0.15) is 0 Å². The van der Waals surface area contributed by atoms with E-state index in [1.54, 1.807) is 0 Å². The molecule has 2 aliphatic heterocycles. The summed E-state index contributed by atoms with van der Waals surface area (Å²) in [5.74, 6) is 1.58. The summed E-state index contributed by atoms with van der Waals surface area (Å²) < 4.78 is 10.7. The standard InChI is InChI=1S/C14H17N3O2/c15-4-3-12(17-7-5-16-6-8-17)11-1-2-13-14(9-11)19-10-18-13/h1-2,9,12,16H,3,5-8,10H2/t12-/m0/s1. The van der Waals surface area contributed by atoms with Crippen LogP contribution in [0.2, 0.25) is 0 Å². The van der Waals surface area contributed by atoms with Crippen LogP contribution < -0.4 is 14.8 Å². The Kier molecular flexibility index (Phi) is 3.53. The second kappa shape index (κ2) is 5.47. The van der Waals surface area contributed by atoms with Gasteiger partial charge in [0.05, 0.1) is 12.5 Å². The van der Waals surface area contributed by atoms with Crippen molar-refractivity contribution >= 4 is 0 Å². The Hall–Kier alpha value is -1.77. The number of ether oxygens (including phenoxy) is 2. The normalized spacial score (nSPS) is 19.9. The first-order valence-corrected chi connectivity index (χ1v) is 6.60. The monoisotopic (exact) mass is 259 g/mol. The van der Waals surface area contributed by atoms with E-state index in [4.69, 9.17) is 14.7 Å². The van der Waals surface area contributed by atoms with Crippen molar-refractivity contribution in [1.82, 2.24) is 10.2 Å². The molecule has 2 aliphatic rings. The summed E-state index contributed by atoms with van der Waals surface area (Å²) in [5, 5.41) is 12.4. The highest BCUT2D eigenvalue weighted by Gasteiger charge is 2.24.